The van der Waals surface area contributed by atoms with Crippen molar-refractivity contribution in [3.05, 3.63) is 12.2 Å². The first-order valence-corrected chi connectivity index (χ1v) is 13.9. The average molecular weight is 449 g/mol. The zero-order chi connectivity index (χ0) is 23.3. The Labute approximate surface area is 199 Å². The Kier molecular flexibility index (Phi) is 17.4. The van der Waals surface area contributed by atoms with Crippen LogP contribution in [0.15, 0.2) is 17.1 Å². The third kappa shape index (κ3) is 13.4. The molecule has 2 atom stereocenters. The van der Waals surface area contributed by atoms with Crippen molar-refractivity contribution in [2.75, 3.05) is 26.2 Å². The van der Waals surface area contributed by atoms with Crippen LogP contribution in [0, 0.1) is 0 Å². The maximum atomic E-state index is 11.2. The van der Waals surface area contributed by atoms with Crippen LogP contribution < -0.4 is 5.32 Å². The minimum atomic E-state index is 0.0700. The van der Waals surface area contributed by atoms with E-state index in [0.717, 1.165) is 30.7 Å². The highest BCUT2D eigenvalue weighted by Crippen LogP contribution is 2.24. The summed E-state index contributed by atoms with van der Waals surface area (Å²) in [6.45, 7) is 10.0. The SMILES string of the molecule is CCCCCCC/C=C/CCCCCCCCCCC1N=CC[N+]1(CC)CCNC(C)=O. The number of unbranched alkanes of at least 4 members (excludes halogenated alkanes) is 13. The molecule has 2 unspecified atom stereocenters. The molecule has 1 amide bonds. The summed E-state index contributed by atoms with van der Waals surface area (Å²) < 4.78 is 1.02. The van der Waals surface area contributed by atoms with E-state index >= 15 is 0 Å². The molecule has 1 aliphatic rings. The van der Waals surface area contributed by atoms with Crippen LogP contribution in [0.3, 0.4) is 0 Å². The van der Waals surface area contributed by atoms with E-state index in [2.05, 4.69) is 37.5 Å². The maximum Gasteiger partial charge on any atom is 0.217 e. The first-order chi connectivity index (χ1) is 15.6. The maximum absolute atomic E-state index is 11.2. The highest BCUT2D eigenvalue weighted by Gasteiger charge is 2.37. The number of quaternary nitrogens is 1. The average Bonchev–Trinajstić information content (AvgIpc) is 3.18. The summed E-state index contributed by atoms with van der Waals surface area (Å²) in [5.74, 6) is 0.0700. The highest BCUT2D eigenvalue weighted by molar-refractivity contribution is 5.72. The van der Waals surface area contributed by atoms with Gasteiger partial charge in [-0.1, -0.05) is 83.3 Å². The molecule has 1 N–H and O–H groups in total. The number of hydrogen-bond acceptors (Lipinski definition) is 2. The molecule has 0 aromatic rings. The fourth-order valence-corrected chi connectivity index (χ4v) is 4.89. The van der Waals surface area contributed by atoms with Crippen LogP contribution in [-0.2, 0) is 4.79 Å². The summed E-state index contributed by atoms with van der Waals surface area (Å²) in [7, 11) is 0. The van der Waals surface area contributed by atoms with Crippen molar-refractivity contribution in [1.29, 1.82) is 0 Å². The van der Waals surface area contributed by atoms with Gasteiger partial charge in [0.25, 0.3) is 0 Å². The fraction of sp³-hybridized carbons (Fsp3) is 0.857. The number of rotatable bonds is 21. The van der Waals surface area contributed by atoms with Crippen LogP contribution >= 0.6 is 0 Å². The number of allylic oxidation sites excluding steroid dienone is 2. The molecule has 186 valence electrons. The van der Waals surface area contributed by atoms with E-state index in [0.29, 0.717) is 6.17 Å². The van der Waals surface area contributed by atoms with E-state index in [4.69, 9.17) is 4.99 Å². The highest BCUT2D eigenvalue weighted by atomic mass is 16.1. The lowest BCUT2D eigenvalue weighted by atomic mass is 10.0. The largest absolute Gasteiger partial charge is 0.351 e. The molecule has 1 heterocycles. The molecule has 1 aliphatic heterocycles. The lowest BCUT2D eigenvalue weighted by molar-refractivity contribution is -0.935. The molecule has 1 rings (SSSR count). The van der Waals surface area contributed by atoms with Gasteiger partial charge in [0.2, 0.25) is 5.91 Å². The Morgan fingerprint density at radius 1 is 0.906 bits per heavy atom. The van der Waals surface area contributed by atoms with Crippen molar-refractivity contribution in [2.24, 2.45) is 4.99 Å². The van der Waals surface area contributed by atoms with Crippen molar-refractivity contribution in [2.45, 2.75) is 130 Å². The standard InChI is InChI=1S/C28H53N3O/c1-4-6-7-8-9-10-11-12-13-14-15-16-17-18-19-20-21-22-28-30-24-26-31(28,5-2)25-23-29-27(3)32/h11-12,24,28H,4-10,13-23,25-26H2,1-3H3/p+1/b12-11+. The minimum absolute atomic E-state index is 0.0700. The predicted molar refractivity (Wildman–Crippen MR) is 140 cm³/mol. The number of likely N-dealkylation sites (N-methyl/N-ethyl adjacent to an activating group) is 1. The van der Waals surface area contributed by atoms with Crippen LogP contribution in [0.1, 0.15) is 124 Å². The van der Waals surface area contributed by atoms with Gasteiger partial charge < -0.3 is 5.32 Å². The number of carbonyl (C=O) groups is 1. The lowest BCUT2D eigenvalue weighted by Gasteiger charge is -2.38. The molecule has 4 heteroatoms. The molecule has 0 bridgehead atoms. The number of nitrogens with one attached hydrogen (secondary N) is 1. The Balaban J connectivity index is 1.95. The monoisotopic (exact) mass is 448 g/mol. The minimum Gasteiger partial charge on any atom is -0.351 e. The van der Waals surface area contributed by atoms with E-state index in [1.54, 1.807) is 6.92 Å². The van der Waals surface area contributed by atoms with Crippen molar-refractivity contribution in [1.82, 2.24) is 5.32 Å². The number of hydrogen-bond donors (Lipinski definition) is 1. The van der Waals surface area contributed by atoms with E-state index in [1.807, 2.05) is 0 Å². The quantitative estimate of drug-likeness (QED) is 0.113. The molecule has 0 aliphatic carbocycles. The van der Waals surface area contributed by atoms with Gasteiger partial charge in [-0.3, -0.25) is 9.28 Å². The molecule has 0 spiro atoms. The third-order valence-electron chi connectivity index (χ3n) is 7.14. The topological polar surface area (TPSA) is 41.5 Å². The van der Waals surface area contributed by atoms with E-state index in [9.17, 15) is 4.79 Å². The Morgan fingerprint density at radius 2 is 1.47 bits per heavy atom. The van der Waals surface area contributed by atoms with Crippen LogP contribution in [0.5, 0.6) is 0 Å². The number of aliphatic imine (C=N–C) groups is 1. The van der Waals surface area contributed by atoms with Gasteiger partial charge >= 0.3 is 0 Å². The van der Waals surface area contributed by atoms with Crippen LogP contribution in [0.25, 0.3) is 0 Å². The van der Waals surface area contributed by atoms with Gasteiger partial charge in [0.15, 0.2) is 6.17 Å². The molecule has 0 saturated heterocycles. The first-order valence-electron chi connectivity index (χ1n) is 13.9. The number of amides is 1. The summed E-state index contributed by atoms with van der Waals surface area (Å²) in [6, 6.07) is 0. The molecule has 0 fully saturated rings. The van der Waals surface area contributed by atoms with E-state index in [1.165, 1.54) is 103 Å². The summed E-state index contributed by atoms with van der Waals surface area (Å²) >= 11 is 0. The van der Waals surface area contributed by atoms with Crippen molar-refractivity contribution >= 4 is 12.1 Å². The molecule has 0 radical (unpaired) electrons. The Morgan fingerprint density at radius 3 is 2.03 bits per heavy atom. The molecule has 0 aromatic carbocycles. The zero-order valence-electron chi connectivity index (χ0n) is 21.8. The summed E-state index contributed by atoms with van der Waals surface area (Å²) in [5, 5.41) is 2.96. The van der Waals surface area contributed by atoms with Gasteiger partial charge in [0.1, 0.15) is 6.54 Å². The van der Waals surface area contributed by atoms with E-state index in [-0.39, 0.29) is 5.91 Å². The van der Waals surface area contributed by atoms with Gasteiger partial charge in [-0.15, -0.1) is 0 Å². The predicted octanol–water partition coefficient (Wildman–Crippen LogP) is 7.19. The molecule has 4 nitrogen and oxygen atoms in total. The second-order valence-electron chi connectivity index (χ2n) is 9.82. The van der Waals surface area contributed by atoms with Crippen molar-refractivity contribution in [3.8, 4) is 0 Å². The summed E-state index contributed by atoms with van der Waals surface area (Å²) in [4.78, 5) is 16.0. The zero-order valence-corrected chi connectivity index (χ0v) is 21.8. The molecule has 0 saturated carbocycles. The second kappa shape index (κ2) is 19.3. The van der Waals surface area contributed by atoms with Gasteiger partial charge in [0.05, 0.1) is 25.8 Å². The van der Waals surface area contributed by atoms with Gasteiger partial charge in [-0.2, -0.15) is 0 Å². The normalized spacial score (nSPS) is 20.4. The Hall–Kier alpha value is -1.16. The van der Waals surface area contributed by atoms with Crippen LogP contribution in [0.2, 0.25) is 0 Å². The molecular formula is C28H54N3O+. The third-order valence-corrected chi connectivity index (χ3v) is 7.14. The van der Waals surface area contributed by atoms with Crippen LogP contribution in [-0.4, -0.2) is 48.9 Å². The lowest BCUT2D eigenvalue weighted by Crippen LogP contribution is -2.55. The number of carbonyl (C=O) groups excluding carboxylic acids is 1. The molecular weight excluding hydrogens is 394 g/mol. The van der Waals surface area contributed by atoms with Crippen LogP contribution in [0.4, 0.5) is 0 Å². The smallest absolute Gasteiger partial charge is 0.217 e. The fourth-order valence-electron chi connectivity index (χ4n) is 4.89. The number of nitrogens with zero attached hydrogens (tertiary/aromatic N) is 2. The second-order valence-corrected chi connectivity index (χ2v) is 9.82. The van der Waals surface area contributed by atoms with Gasteiger partial charge in [-0.05, 0) is 39.0 Å². The summed E-state index contributed by atoms with van der Waals surface area (Å²) in [6.07, 6.45) is 28.9. The molecule has 32 heavy (non-hydrogen) atoms. The Bertz CT molecular complexity index is 517. The van der Waals surface area contributed by atoms with Crippen molar-refractivity contribution < 1.29 is 9.28 Å². The van der Waals surface area contributed by atoms with Gasteiger partial charge in [0, 0.05) is 13.3 Å². The van der Waals surface area contributed by atoms with Crippen molar-refractivity contribution in [3.63, 3.8) is 0 Å². The van der Waals surface area contributed by atoms with E-state index < -0.39 is 0 Å². The summed E-state index contributed by atoms with van der Waals surface area (Å²) in [5.41, 5.74) is 0. The first kappa shape index (κ1) is 28.9. The molecule has 0 aromatic heterocycles. The van der Waals surface area contributed by atoms with Gasteiger partial charge in [-0.25, -0.2) is 4.99 Å².